The zero-order chi connectivity index (χ0) is 18.9. The molecule has 0 atom stereocenters. The van der Waals surface area contributed by atoms with Crippen molar-refractivity contribution in [3.05, 3.63) is 78.0 Å². The number of rotatable bonds is 5. The van der Waals surface area contributed by atoms with Crippen LogP contribution in [0.15, 0.2) is 66.6 Å². The molecule has 0 spiro atoms. The second-order valence-corrected chi connectivity index (χ2v) is 7.21. The van der Waals surface area contributed by atoms with Gasteiger partial charge in [-0.2, -0.15) is 0 Å². The van der Waals surface area contributed by atoms with Crippen molar-refractivity contribution >= 4 is 39.1 Å². The number of carbonyl (C=O) groups excluding carboxylic acids is 1. The number of hydrogen-bond donors (Lipinski definition) is 1. The molecule has 4 heterocycles. The molecule has 0 aliphatic heterocycles. The zero-order valence-corrected chi connectivity index (χ0v) is 15.6. The maximum atomic E-state index is 12.9. The fourth-order valence-electron chi connectivity index (χ4n) is 3.22. The van der Waals surface area contributed by atoms with E-state index in [2.05, 4.69) is 20.3 Å². The highest BCUT2D eigenvalue weighted by molar-refractivity contribution is 7.15. The number of anilines is 1. The largest absolute Gasteiger partial charge is 0.310 e. The molecule has 5 aromatic rings. The van der Waals surface area contributed by atoms with Crippen LogP contribution in [0.4, 0.5) is 5.95 Å². The summed E-state index contributed by atoms with van der Waals surface area (Å²) in [6.07, 6.45) is 5.92. The third-order valence-corrected chi connectivity index (χ3v) is 5.47. The molecule has 8 heteroatoms. The van der Waals surface area contributed by atoms with Gasteiger partial charge < -0.3 is 4.57 Å². The molecule has 1 aromatic carbocycles. The van der Waals surface area contributed by atoms with Crippen LogP contribution in [-0.4, -0.2) is 29.8 Å². The molecule has 0 aliphatic rings. The highest BCUT2D eigenvalue weighted by Crippen LogP contribution is 2.22. The number of imidazole rings is 2. The van der Waals surface area contributed by atoms with E-state index in [0.717, 1.165) is 28.0 Å². The Labute approximate surface area is 164 Å². The van der Waals surface area contributed by atoms with Crippen molar-refractivity contribution in [2.75, 3.05) is 5.32 Å². The lowest BCUT2D eigenvalue weighted by Crippen LogP contribution is -2.18. The van der Waals surface area contributed by atoms with Gasteiger partial charge in [-0.3, -0.25) is 19.5 Å². The van der Waals surface area contributed by atoms with Gasteiger partial charge in [0.25, 0.3) is 5.91 Å². The van der Waals surface area contributed by atoms with Crippen LogP contribution in [0.2, 0.25) is 0 Å². The van der Waals surface area contributed by atoms with Gasteiger partial charge in [0.2, 0.25) is 5.95 Å². The van der Waals surface area contributed by atoms with E-state index in [4.69, 9.17) is 0 Å². The number of hydrogen-bond acceptors (Lipinski definition) is 5. The average molecular weight is 388 g/mol. The van der Waals surface area contributed by atoms with Gasteiger partial charge >= 0.3 is 0 Å². The maximum Gasteiger partial charge on any atom is 0.275 e. The Kier molecular flexibility index (Phi) is 4.10. The lowest BCUT2D eigenvalue weighted by molar-refractivity contribution is 0.102. The molecule has 0 aliphatic carbocycles. The van der Waals surface area contributed by atoms with Gasteiger partial charge in [-0.15, -0.1) is 11.3 Å². The molecular weight excluding hydrogens is 372 g/mol. The number of carbonyl (C=O) groups is 1. The number of amides is 1. The fourth-order valence-corrected chi connectivity index (χ4v) is 4.06. The summed E-state index contributed by atoms with van der Waals surface area (Å²) in [5.41, 5.74) is 3.36. The second-order valence-electron chi connectivity index (χ2n) is 6.32. The lowest BCUT2D eigenvalue weighted by atomic mass is 10.2. The summed E-state index contributed by atoms with van der Waals surface area (Å²) in [4.78, 5) is 26.9. The molecule has 0 unspecified atom stereocenters. The minimum atomic E-state index is -0.210. The molecular formula is C20H16N6OS. The number of thiazole rings is 1. The number of pyridine rings is 1. The van der Waals surface area contributed by atoms with Crippen LogP contribution in [0.25, 0.3) is 15.9 Å². The topological polar surface area (TPSA) is 77.1 Å². The number of aryl methyl sites for hydroxylation is 2. The minimum Gasteiger partial charge on any atom is -0.310 e. The lowest BCUT2D eigenvalue weighted by Gasteiger charge is -2.10. The normalized spacial score (nSPS) is 11.3. The van der Waals surface area contributed by atoms with Gasteiger partial charge in [0.05, 0.1) is 17.2 Å². The third kappa shape index (κ3) is 2.93. The quantitative estimate of drug-likeness (QED) is 0.499. The van der Waals surface area contributed by atoms with Gasteiger partial charge in [-0.1, -0.05) is 18.2 Å². The minimum absolute atomic E-state index is 0.210. The van der Waals surface area contributed by atoms with Crippen LogP contribution < -0.4 is 5.32 Å². The highest BCUT2D eigenvalue weighted by Gasteiger charge is 2.17. The first kappa shape index (κ1) is 16.6. The Morgan fingerprint density at radius 2 is 2.04 bits per heavy atom. The predicted octanol–water partition coefficient (Wildman–Crippen LogP) is 3.64. The van der Waals surface area contributed by atoms with Gasteiger partial charge in [-0.25, -0.2) is 9.97 Å². The Balaban J connectivity index is 1.48. The molecule has 4 aromatic heterocycles. The Hall–Kier alpha value is -3.52. The summed E-state index contributed by atoms with van der Waals surface area (Å²) in [7, 11) is 0. The fraction of sp³-hybridized carbons (Fsp3) is 0.100. The summed E-state index contributed by atoms with van der Waals surface area (Å²) in [6.45, 7) is 0.664. The monoisotopic (exact) mass is 388 g/mol. The molecule has 0 saturated heterocycles. The Morgan fingerprint density at radius 3 is 2.93 bits per heavy atom. The van der Waals surface area contributed by atoms with Crippen LogP contribution in [0.5, 0.6) is 0 Å². The van der Waals surface area contributed by atoms with Crippen molar-refractivity contribution < 1.29 is 4.79 Å². The van der Waals surface area contributed by atoms with Crippen LogP contribution >= 0.6 is 11.3 Å². The van der Waals surface area contributed by atoms with E-state index < -0.39 is 0 Å². The van der Waals surface area contributed by atoms with Crippen molar-refractivity contribution in [2.45, 2.75) is 13.0 Å². The molecule has 138 valence electrons. The molecule has 0 fully saturated rings. The molecule has 1 N–H and O–H groups in total. The number of para-hydroxylation sites is 2. The molecule has 0 bridgehead atoms. The number of benzene rings is 1. The Bertz CT molecular complexity index is 1270. The number of nitrogens with one attached hydrogen (secondary N) is 1. The van der Waals surface area contributed by atoms with Crippen LogP contribution in [-0.2, 0) is 13.0 Å². The zero-order valence-electron chi connectivity index (χ0n) is 14.8. The molecule has 0 saturated carbocycles. The summed E-state index contributed by atoms with van der Waals surface area (Å²) < 4.78 is 3.81. The summed E-state index contributed by atoms with van der Waals surface area (Å²) in [5.74, 6) is 0.320. The van der Waals surface area contributed by atoms with Gasteiger partial charge in [0, 0.05) is 30.2 Å². The van der Waals surface area contributed by atoms with E-state index in [0.29, 0.717) is 18.2 Å². The average Bonchev–Trinajstić information content (AvgIpc) is 3.41. The molecule has 5 rings (SSSR count). The van der Waals surface area contributed by atoms with Crippen molar-refractivity contribution in [3.63, 3.8) is 0 Å². The van der Waals surface area contributed by atoms with E-state index >= 15 is 0 Å². The number of aromatic nitrogens is 5. The first-order chi connectivity index (χ1) is 13.8. The standard InChI is InChI=1S/C20H16N6OS/c27-19(17-12-28-18-11-21-13-26(17)18)24-20-23-15-6-1-2-7-16(15)25(20)10-8-14-5-3-4-9-22-14/h1-7,9,11-13H,8,10H2,(H,23,24,27). The number of nitrogens with zero attached hydrogens (tertiary/aromatic N) is 5. The smallest absolute Gasteiger partial charge is 0.275 e. The number of fused-ring (bicyclic) bond motifs is 2. The van der Waals surface area contributed by atoms with E-state index in [1.807, 2.05) is 52.4 Å². The van der Waals surface area contributed by atoms with Gasteiger partial charge in [-0.05, 0) is 24.3 Å². The van der Waals surface area contributed by atoms with E-state index in [1.165, 1.54) is 11.3 Å². The molecule has 28 heavy (non-hydrogen) atoms. The summed E-state index contributed by atoms with van der Waals surface area (Å²) in [5, 5.41) is 4.80. The summed E-state index contributed by atoms with van der Waals surface area (Å²) in [6, 6.07) is 13.7. The maximum absolute atomic E-state index is 12.9. The molecule has 0 radical (unpaired) electrons. The van der Waals surface area contributed by atoms with Gasteiger partial charge in [0.1, 0.15) is 16.9 Å². The van der Waals surface area contributed by atoms with Crippen molar-refractivity contribution in [1.82, 2.24) is 23.9 Å². The third-order valence-electron chi connectivity index (χ3n) is 4.59. The van der Waals surface area contributed by atoms with E-state index in [9.17, 15) is 4.79 Å². The van der Waals surface area contributed by atoms with Crippen LogP contribution in [0.3, 0.4) is 0 Å². The van der Waals surface area contributed by atoms with E-state index in [-0.39, 0.29) is 5.91 Å². The highest BCUT2D eigenvalue weighted by atomic mass is 32.1. The molecule has 7 nitrogen and oxygen atoms in total. The van der Waals surface area contributed by atoms with Crippen molar-refractivity contribution in [1.29, 1.82) is 0 Å². The van der Waals surface area contributed by atoms with Gasteiger partial charge in [0.15, 0.2) is 0 Å². The SMILES string of the molecule is O=C(Nc1nc2ccccc2n1CCc1ccccn1)c1csc2cncn12. The summed E-state index contributed by atoms with van der Waals surface area (Å²) >= 11 is 1.48. The van der Waals surface area contributed by atoms with E-state index in [1.54, 1.807) is 23.1 Å². The van der Waals surface area contributed by atoms with Crippen molar-refractivity contribution in [2.24, 2.45) is 0 Å². The molecule has 1 amide bonds. The predicted molar refractivity (Wildman–Crippen MR) is 109 cm³/mol. The first-order valence-corrected chi connectivity index (χ1v) is 9.73. The van der Waals surface area contributed by atoms with Crippen LogP contribution in [0.1, 0.15) is 16.2 Å². The first-order valence-electron chi connectivity index (χ1n) is 8.86. The second kappa shape index (κ2) is 6.90. The van der Waals surface area contributed by atoms with Crippen molar-refractivity contribution in [3.8, 4) is 0 Å². The van der Waals surface area contributed by atoms with Crippen LogP contribution in [0, 0.1) is 0 Å². The Morgan fingerprint density at radius 1 is 1.14 bits per heavy atom.